The van der Waals surface area contributed by atoms with Gasteiger partial charge in [-0.15, -0.1) is 0 Å². The van der Waals surface area contributed by atoms with Gasteiger partial charge >= 0.3 is 0 Å². The fraction of sp³-hybridized carbons (Fsp3) is 0.0769. The molecule has 0 bridgehead atoms. The van der Waals surface area contributed by atoms with Crippen molar-refractivity contribution >= 4 is 11.6 Å². The number of anilines is 1. The maximum Gasteiger partial charge on any atom is 0.238 e. The van der Waals surface area contributed by atoms with Crippen molar-refractivity contribution in [2.45, 2.75) is 6.42 Å². The second-order valence-electron chi connectivity index (χ2n) is 3.59. The number of nitrogens with zero attached hydrogens (tertiary/aromatic N) is 3. The van der Waals surface area contributed by atoms with Gasteiger partial charge in [0.25, 0.3) is 0 Å². The monoisotopic (exact) mass is 238 g/mol. The van der Waals surface area contributed by atoms with Crippen LogP contribution in [0.15, 0.2) is 43.0 Å². The molecular formula is C13H10N4O. The minimum atomic E-state index is -0.320. The number of amides is 1. The minimum absolute atomic E-state index is 0.154. The number of hydrogen-bond acceptors (Lipinski definition) is 4. The minimum Gasteiger partial charge on any atom is -0.325 e. The molecule has 1 N–H and O–H groups in total. The van der Waals surface area contributed by atoms with Gasteiger partial charge in [0.15, 0.2) is 0 Å². The van der Waals surface area contributed by atoms with E-state index in [4.69, 9.17) is 5.26 Å². The largest absolute Gasteiger partial charge is 0.325 e. The third-order valence-electron chi connectivity index (χ3n) is 2.28. The zero-order chi connectivity index (χ0) is 12.8. The summed E-state index contributed by atoms with van der Waals surface area (Å²) in [6, 6.07) is 9.11. The van der Waals surface area contributed by atoms with Gasteiger partial charge in [0.1, 0.15) is 12.7 Å². The Hall–Kier alpha value is -2.74. The zero-order valence-corrected chi connectivity index (χ0v) is 9.50. The van der Waals surface area contributed by atoms with Crippen LogP contribution in [-0.2, 0) is 4.79 Å². The number of carbonyl (C=O) groups excluding carboxylic acids is 1. The van der Waals surface area contributed by atoms with E-state index in [2.05, 4.69) is 15.3 Å². The molecule has 0 saturated carbocycles. The van der Waals surface area contributed by atoms with Crippen molar-refractivity contribution in [3.8, 4) is 17.2 Å². The highest BCUT2D eigenvalue weighted by Crippen LogP contribution is 2.21. The molecule has 0 saturated heterocycles. The summed E-state index contributed by atoms with van der Waals surface area (Å²) in [5, 5.41) is 11.1. The van der Waals surface area contributed by atoms with Gasteiger partial charge in [0.2, 0.25) is 5.91 Å². The summed E-state index contributed by atoms with van der Waals surface area (Å²) < 4.78 is 0. The van der Waals surface area contributed by atoms with Crippen molar-refractivity contribution in [3.63, 3.8) is 0 Å². The van der Waals surface area contributed by atoms with Crippen LogP contribution in [-0.4, -0.2) is 15.9 Å². The Labute approximate surface area is 104 Å². The summed E-state index contributed by atoms with van der Waals surface area (Å²) in [7, 11) is 0. The predicted octanol–water partition coefficient (Wildman–Crippen LogP) is 2.00. The molecule has 1 aromatic carbocycles. The Kier molecular flexibility index (Phi) is 3.62. The second-order valence-corrected chi connectivity index (χ2v) is 3.59. The zero-order valence-electron chi connectivity index (χ0n) is 9.50. The first-order chi connectivity index (χ1) is 8.79. The first kappa shape index (κ1) is 11.7. The average Bonchev–Trinajstić information content (AvgIpc) is 2.40. The molecular weight excluding hydrogens is 228 g/mol. The molecule has 88 valence electrons. The van der Waals surface area contributed by atoms with E-state index in [1.165, 1.54) is 6.33 Å². The third-order valence-corrected chi connectivity index (χ3v) is 2.28. The van der Waals surface area contributed by atoms with Gasteiger partial charge in [-0.2, -0.15) is 5.26 Å². The standard InChI is InChI=1S/C13H10N4O/c14-5-4-13(18)17-12-3-1-2-10(6-12)11-7-15-9-16-8-11/h1-3,6-9H,4H2,(H,17,18). The molecule has 1 aromatic heterocycles. The molecule has 1 amide bonds. The Morgan fingerprint density at radius 3 is 2.78 bits per heavy atom. The number of benzene rings is 1. The lowest BCUT2D eigenvalue weighted by molar-refractivity contribution is -0.115. The lowest BCUT2D eigenvalue weighted by Gasteiger charge is -2.05. The van der Waals surface area contributed by atoms with Crippen LogP contribution in [0.5, 0.6) is 0 Å². The van der Waals surface area contributed by atoms with E-state index >= 15 is 0 Å². The number of nitriles is 1. The smallest absolute Gasteiger partial charge is 0.238 e. The highest BCUT2D eigenvalue weighted by atomic mass is 16.1. The van der Waals surface area contributed by atoms with Crippen molar-refractivity contribution < 1.29 is 4.79 Å². The SMILES string of the molecule is N#CCC(=O)Nc1cccc(-c2cncnc2)c1. The Morgan fingerprint density at radius 2 is 2.06 bits per heavy atom. The highest BCUT2D eigenvalue weighted by Gasteiger charge is 2.03. The van der Waals surface area contributed by atoms with Crippen molar-refractivity contribution in [2.75, 3.05) is 5.32 Å². The van der Waals surface area contributed by atoms with E-state index in [0.29, 0.717) is 5.69 Å². The van der Waals surface area contributed by atoms with Crippen LogP contribution in [0.1, 0.15) is 6.42 Å². The van der Waals surface area contributed by atoms with Crippen LogP contribution < -0.4 is 5.32 Å². The quantitative estimate of drug-likeness (QED) is 0.886. The van der Waals surface area contributed by atoms with Gasteiger partial charge in [-0.3, -0.25) is 4.79 Å². The van der Waals surface area contributed by atoms with Crippen molar-refractivity contribution in [1.82, 2.24) is 9.97 Å². The Bertz CT molecular complexity index is 589. The maximum absolute atomic E-state index is 11.3. The lowest BCUT2D eigenvalue weighted by atomic mass is 10.1. The molecule has 18 heavy (non-hydrogen) atoms. The van der Waals surface area contributed by atoms with Crippen molar-refractivity contribution in [3.05, 3.63) is 43.0 Å². The average molecular weight is 238 g/mol. The van der Waals surface area contributed by atoms with Gasteiger partial charge < -0.3 is 5.32 Å². The number of hydrogen-bond donors (Lipinski definition) is 1. The van der Waals surface area contributed by atoms with E-state index in [1.54, 1.807) is 24.5 Å². The molecule has 5 nitrogen and oxygen atoms in total. The lowest BCUT2D eigenvalue weighted by Crippen LogP contribution is -2.09. The van der Waals surface area contributed by atoms with Crippen LogP contribution in [0.4, 0.5) is 5.69 Å². The summed E-state index contributed by atoms with van der Waals surface area (Å²) in [5.41, 5.74) is 2.43. The number of rotatable bonds is 3. The van der Waals surface area contributed by atoms with E-state index in [9.17, 15) is 4.79 Å². The summed E-state index contributed by atoms with van der Waals surface area (Å²) in [5.74, 6) is -0.320. The first-order valence-electron chi connectivity index (χ1n) is 5.32. The Morgan fingerprint density at radius 1 is 1.28 bits per heavy atom. The summed E-state index contributed by atoms with van der Waals surface area (Å²) in [6.07, 6.45) is 4.70. The molecule has 0 aliphatic carbocycles. The predicted molar refractivity (Wildman–Crippen MR) is 66.3 cm³/mol. The molecule has 0 spiro atoms. The van der Waals surface area contributed by atoms with Crippen molar-refractivity contribution in [2.24, 2.45) is 0 Å². The van der Waals surface area contributed by atoms with Crippen LogP contribution in [0, 0.1) is 11.3 Å². The van der Waals surface area contributed by atoms with Crippen LogP contribution in [0.2, 0.25) is 0 Å². The second kappa shape index (κ2) is 5.55. The summed E-state index contributed by atoms with van der Waals surface area (Å²) >= 11 is 0. The van der Waals surface area contributed by atoms with Gasteiger partial charge in [0, 0.05) is 23.6 Å². The molecule has 0 aliphatic heterocycles. The van der Waals surface area contributed by atoms with Gasteiger partial charge in [-0.25, -0.2) is 9.97 Å². The Balaban J connectivity index is 2.21. The molecule has 0 aliphatic rings. The fourth-order valence-electron chi connectivity index (χ4n) is 1.50. The molecule has 1 heterocycles. The van der Waals surface area contributed by atoms with Crippen LogP contribution in [0.25, 0.3) is 11.1 Å². The topological polar surface area (TPSA) is 78.7 Å². The van der Waals surface area contributed by atoms with Gasteiger partial charge in [-0.1, -0.05) is 12.1 Å². The van der Waals surface area contributed by atoms with Crippen LogP contribution >= 0.6 is 0 Å². The fourth-order valence-corrected chi connectivity index (χ4v) is 1.50. The highest BCUT2D eigenvalue weighted by molar-refractivity contribution is 5.92. The molecule has 2 aromatic rings. The van der Waals surface area contributed by atoms with E-state index in [1.807, 2.05) is 18.2 Å². The summed E-state index contributed by atoms with van der Waals surface area (Å²) in [6.45, 7) is 0. The molecule has 5 heteroatoms. The van der Waals surface area contributed by atoms with Gasteiger partial charge in [0.05, 0.1) is 6.07 Å². The van der Waals surface area contributed by atoms with Crippen molar-refractivity contribution in [1.29, 1.82) is 5.26 Å². The summed E-state index contributed by atoms with van der Waals surface area (Å²) in [4.78, 5) is 19.2. The van der Waals surface area contributed by atoms with E-state index in [-0.39, 0.29) is 12.3 Å². The first-order valence-corrected chi connectivity index (χ1v) is 5.32. The number of carbonyl (C=O) groups is 1. The van der Waals surface area contributed by atoms with E-state index in [0.717, 1.165) is 11.1 Å². The maximum atomic E-state index is 11.3. The molecule has 0 atom stereocenters. The molecule has 0 unspecified atom stereocenters. The van der Waals surface area contributed by atoms with Gasteiger partial charge in [-0.05, 0) is 17.7 Å². The normalized spacial score (nSPS) is 9.50. The molecule has 2 rings (SSSR count). The van der Waals surface area contributed by atoms with Crippen LogP contribution in [0.3, 0.4) is 0 Å². The third kappa shape index (κ3) is 2.89. The number of aromatic nitrogens is 2. The van der Waals surface area contributed by atoms with E-state index < -0.39 is 0 Å². The molecule has 0 radical (unpaired) electrons. The number of nitrogens with one attached hydrogen (secondary N) is 1. The molecule has 0 fully saturated rings.